The summed E-state index contributed by atoms with van der Waals surface area (Å²) in [6.45, 7) is 2.43. The summed E-state index contributed by atoms with van der Waals surface area (Å²) in [5.41, 5.74) is 0. The van der Waals surface area contributed by atoms with Gasteiger partial charge in [0.1, 0.15) is 4.90 Å². The Labute approximate surface area is 102 Å². The van der Waals surface area contributed by atoms with Gasteiger partial charge in [0.05, 0.1) is 0 Å². The van der Waals surface area contributed by atoms with Gasteiger partial charge < -0.3 is 5.32 Å². The first-order chi connectivity index (χ1) is 8.10. The highest BCUT2D eigenvalue weighted by Crippen LogP contribution is 2.16. The van der Waals surface area contributed by atoms with Gasteiger partial charge in [-0.3, -0.25) is 4.98 Å². The van der Waals surface area contributed by atoms with Crippen molar-refractivity contribution in [2.24, 2.45) is 5.92 Å². The molecule has 0 bridgehead atoms. The van der Waals surface area contributed by atoms with Gasteiger partial charge in [-0.15, -0.1) is 0 Å². The molecule has 2 heterocycles. The van der Waals surface area contributed by atoms with Crippen molar-refractivity contribution in [2.75, 3.05) is 26.7 Å². The van der Waals surface area contributed by atoms with Crippen LogP contribution in [0.4, 0.5) is 0 Å². The Kier molecular flexibility index (Phi) is 3.76. The van der Waals surface area contributed by atoms with E-state index in [1.807, 2.05) is 0 Å². The quantitative estimate of drug-likeness (QED) is 0.841. The SMILES string of the molecule is CN(CC1CCNC1)S(=O)(=O)c1cccnc1. The molecule has 1 fully saturated rings. The molecular formula is C11H17N3O2S. The largest absolute Gasteiger partial charge is 0.316 e. The lowest BCUT2D eigenvalue weighted by Crippen LogP contribution is -2.32. The van der Waals surface area contributed by atoms with Crippen LogP contribution in [0.3, 0.4) is 0 Å². The summed E-state index contributed by atoms with van der Waals surface area (Å²) in [5.74, 6) is 0.409. The lowest BCUT2D eigenvalue weighted by atomic mass is 10.1. The normalized spacial score (nSPS) is 20.9. The third kappa shape index (κ3) is 2.83. The van der Waals surface area contributed by atoms with Gasteiger partial charge in [-0.05, 0) is 37.6 Å². The number of rotatable bonds is 4. The standard InChI is InChI=1S/C11H17N3O2S/c1-14(9-10-4-6-13-7-10)17(15,16)11-3-2-5-12-8-11/h2-3,5,8,10,13H,4,6-7,9H2,1H3. The number of hydrogen-bond donors (Lipinski definition) is 1. The Morgan fingerprint density at radius 2 is 2.41 bits per heavy atom. The number of nitrogens with one attached hydrogen (secondary N) is 1. The molecule has 5 nitrogen and oxygen atoms in total. The van der Waals surface area contributed by atoms with Crippen LogP contribution in [0.2, 0.25) is 0 Å². The van der Waals surface area contributed by atoms with Gasteiger partial charge in [0.15, 0.2) is 0 Å². The van der Waals surface area contributed by atoms with E-state index in [1.165, 1.54) is 10.5 Å². The van der Waals surface area contributed by atoms with E-state index in [0.29, 0.717) is 12.5 Å². The average molecular weight is 255 g/mol. The molecule has 1 unspecified atom stereocenters. The lowest BCUT2D eigenvalue weighted by molar-refractivity contribution is 0.399. The Balaban J connectivity index is 2.09. The molecule has 17 heavy (non-hydrogen) atoms. The van der Waals surface area contributed by atoms with Crippen LogP contribution in [0.5, 0.6) is 0 Å². The highest BCUT2D eigenvalue weighted by molar-refractivity contribution is 7.89. The van der Waals surface area contributed by atoms with Gasteiger partial charge in [0, 0.05) is 26.0 Å². The Bertz CT molecular complexity index is 455. The van der Waals surface area contributed by atoms with Gasteiger partial charge in [-0.25, -0.2) is 12.7 Å². The number of sulfonamides is 1. The summed E-state index contributed by atoms with van der Waals surface area (Å²) >= 11 is 0. The monoisotopic (exact) mass is 255 g/mol. The zero-order valence-electron chi connectivity index (χ0n) is 9.83. The number of hydrogen-bond acceptors (Lipinski definition) is 4. The minimum Gasteiger partial charge on any atom is -0.316 e. The van der Waals surface area contributed by atoms with E-state index in [4.69, 9.17) is 0 Å². The van der Waals surface area contributed by atoms with Crippen LogP contribution >= 0.6 is 0 Å². The average Bonchev–Trinajstić information content (AvgIpc) is 2.83. The van der Waals surface area contributed by atoms with Crippen LogP contribution < -0.4 is 5.32 Å². The van der Waals surface area contributed by atoms with Crippen molar-refractivity contribution in [3.63, 3.8) is 0 Å². The first-order valence-electron chi connectivity index (χ1n) is 5.68. The van der Waals surface area contributed by atoms with Crippen LogP contribution in [0.25, 0.3) is 0 Å². The zero-order valence-corrected chi connectivity index (χ0v) is 10.7. The van der Waals surface area contributed by atoms with Crippen LogP contribution in [-0.4, -0.2) is 44.4 Å². The van der Waals surface area contributed by atoms with E-state index < -0.39 is 10.0 Å². The molecule has 1 atom stereocenters. The second-order valence-corrected chi connectivity index (χ2v) is 6.38. The maximum atomic E-state index is 12.2. The van der Waals surface area contributed by atoms with E-state index in [-0.39, 0.29) is 4.90 Å². The molecule has 1 aromatic heterocycles. The first kappa shape index (κ1) is 12.5. The summed E-state index contributed by atoms with van der Waals surface area (Å²) in [7, 11) is -1.76. The predicted octanol–water partition coefficient (Wildman–Crippen LogP) is 0.312. The number of pyridine rings is 1. The molecule has 1 aliphatic rings. The summed E-state index contributed by atoms with van der Waals surface area (Å²) in [4.78, 5) is 4.10. The van der Waals surface area contributed by atoms with E-state index >= 15 is 0 Å². The van der Waals surface area contributed by atoms with Crippen molar-refractivity contribution in [3.05, 3.63) is 24.5 Å². The molecule has 0 saturated carbocycles. The van der Waals surface area contributed by atoms with Crippen molar-refractivity contribution in [1.82, 2.24) is 14.6 Å². The topological polar surface area (TPSA) is 62.3 Å². The summed E-state index contributed by atoms with van der Waals surface area (Å²) in [6.07, 6.45) is 3.99. The molecule has 2 rings (SSSR count). The van der Waals surface area contributed by atoms with E-state index in [9.17, 15) is 8.42 Å². The predicted molar refractivity (Wildman–Crippen MR) is 65.0 cm³/mol. The van der Waals surface area contributed by atoms with Crippen molar-refractivity contribution in [3.8, 4) is 0 Å². The fourth-order valence-corrected chi connectivity index (χ4v) is 3.22. The highest BCUT2D eigenvalue weighted by atomic mass is 32.2. The second kappa shape index (κ2) is 5.12. The molecule has 1 aromatic rings. The molecule has 94 valence electrons. The fraction of sp³-hybridized carbons (Fsp3) is 0.545. The van der Waals surface area contributed by atoms with Crippen LogP contribution in [0, 0.1) is 5.92 Å². The number of nitrogens with zero attached hydrogens (tertiary/aromatic N) is 2. The molecule has 0 aliphatic carbocycles. The van der Waals surface area contributed by atoms with Crippen molar-refractivity contribution >= 4 is 10.0 Å². The smallest absolute Gasteiger partial charge is 0.244 e. The first-order valence-corrected chi connectivity index (χ1v) is 7.12. The van der Waals surface area contributed by atoms with Crippen LogP contribution in [0.15, 0.2) is 29.4 Å². The minimum absolute atomic E-state index is 0.258. The third-order valence-electron chi connectivity index (χ3n) is 3.02. The molecule has 6 heteroatoms. The van der Waals surface area contributed by atoms with Crippen molar-refractivity contribution < 1.29 is 8.42 Å². The summed E-state index contributed by atoms with van der Waals surface area (Å²) in [5, 5.41) is 3.24. The molecule has 1 N–H and O–H groups in total. The van der Waals surface area contributed by atoms with E-state index in [0.717, 1.165) is 19.5 Å². The number of aromatic nitrogens is 1. The molecule has 0 spiro atoms. The molecular weight excluding hydrogens is 238 g/mol. The van der Waals surface area contributed by atoms with Crippen LogP contribution in [0.1, 0.15) is 6.42 Å². The van der Waals surface area contributed by atoms with Crippen molar-refractivity contribution in [1.29, 1.82) is 0 Å². The Morgan fingerprint density at radius 1 is 1.59 bits per heavy atom. The van der Waals surface area contributed by atoms with Crippen LogP contribution in [-0.2, 0) is 10.0 Å². The summed E-state index contributed by atoms with van der Waals surface area (Å²) < 4.78 is 25.8. The molecule has 0 radical (unpaired) electrons. The maximum absolute atomic E-state index is 12.2. The van der Waals surface area contributed by atoms with Gasteiger partial charge in [-0.1, -0.05) is 0 Å². The van der Waals surface area contributed by atoms with Gasteiger partial charge in [-0.2, -0.15) is 0 Å². The summed E-state index contributed by atoms with van der Waals surface area (Å²) in [6, 6.07) is 3.21. The van der Waals surface area contributed by atoms with E-state index in [1.54, 1.807) is 25.4 Å². The third-order valence-corrected chi connectivity index (χ3v) is 4.83. The molecule has 0 amide bonds. The highest BCUT2D eigenvalue weighted by Gasteiger charge is 2.25. The van der Waals surface area contributed by atoms with Gasteiger partial charge in [0.2, 0.25) is 10.0 Å². The maximum Gasteiger partial charge on any atom is 0.244 e. The van der Waals surface area contributed by atoms with Crippen molar-refractivity contribution in [2.45, 2.75) is 11.3 Å². The lowest BCUT2D eigenvalue weighted by Gasteiger charge is -2.20. The minimum atomic E-state index is -3.38. The second-order valence-electron chi connectivity index (χ2n) is 4.33. The Hall–Kier alpha value is -0.980. The molecule has 1 aliphatic heterocycles. The Morgan fingerprint density at radius 3 is 3.00 bits per heavy atom. The molecule has 0 aromatic carbocycles. The van der Waals surface area contributed by atoms with E-state index in [2.05, 4.69) is 10.3 Å². The fourth-order valence-electron chi connectivity index (χ4n) is 2.01. The zero-order chi connectivity index (χ0) is 12.3. The van der Waals surface area contributed by atoms with Gasteiger partial charge in [0.25, 0.3) is 0 Å². The molecule has 1 saturated heterocycles. The van der Waals surface area contributed by atoms with Gasteiger partial charge >= 0.3 is 0 Å².